The Labute approximate surface area is 127 Å². The number of carbonyl (C=O) groups excluding carboxylic acids is 1. The minimum absolute atomic E-state index is 0.218. The predicted molar refractivity (Wildman–Crippen MR) is 81.1 cm³/mol. The molecule has 21 heavy (non-hydrogen) atoms. The number of rotatable bonds is 6. The van der Waals surface area contributed by atoms with Crippen molar-refractivity contribution in [2.75, 3.05) is 19.6 Å². The Hall–Kier alpha value is -0.860. The molecule has 1 aliphatic rings. The maximum Gasteiger partial charge on any atom is 0.422 e. The molecule has 1 heterocycles. The molecule has 0 spiro atoms. The standard InChI is InChI=1S/C13H27N3O4S/c1-10(2)16(9-12-5-7-14-8-6-12)21(18,19)15-13(17)20-11(3)4/h10-12,14H,5-9H2,1-4H3,(H,15,17). The molecule has 0 bridgehead atoms. The van der Waals surface area contributed by atoms with Crippen molar-refractivity contribution < 1.29 is 17.9 Å². The van der Waals surface area contributed by atoms with E-state index in [1.807, 2.05) is 4.72 Å². The van der Waals surface area contributed by atoms with Crippen molar-refractivity contribution in [3.05, 3.63) is 0 Å². The molecule has 0 aromatic rings. The summed E-state index contributed by atoms with van der Waals surface area (Å²) >= 11 is 0. The van der Waals surface area contributed by atoms with Crippen molar-refractivity contribution in [1.82, 2.24) is 14.3 Å². The molecule has 1 aliphatic heterocycles. The zero-order chi connectivity index (χ0) is 16.0. The Balaban J connectivity index is 2.70. The molecule has 0 aromatic carbocycles. The quantitative estimate of drug-likeness (QED) is 0.764. The van der Waals surface area contributed by atoms with E-state index in [0.29, 0.717) is 12.5 Å². The van der Waals surface area contributed by atoms with Crippen molar-refractivity contribution in [3.63, 3.8) is 0 Å². The molecular formula is C13H27N3O4S. The summed E-state index contributed by atoms with van der Waals surface area (Å²) in [6, 6.07) is -0.218. The molecule has 0 atom stereocenters. The molecule has 1 rings (SSSR count). The molecule has 1 fully saturated rings. The summed E-state index contributed by atoms with van der Waals surface area (Å²) < 4.78 is 32.8. The van der Waals surface area contributed by atoms with Crippen LogP contribution >= 0.6 is 0 Å². The zero-order valence-electron chi connectivity index (χ0n) is 13.3. The number of piperidine rings is 1. The van der Waals surface area contributed by atoms with Crippen molar-refractivity contribution >= 4 is 16.3 Å². The van der Waals surface area contributed by atoms with Crippen LogP contribution < -0.4 is 10.0 Å². The third kappa shape index (κ3) is 6.19. The summed E-state index contributed by atoms with van der Waals surface area (Å²) in [5.41, 5.74) is 0. The van der Waals surface area contributed by atoms with Crippen molar-refractivity contribution in [2.45, 2.75) is 52.7 Å². The number of amides is 1. The monoisotopic (exact) mass is 321 g/mol. The summed E-state index contributed by atoms with van der Waals surface area (Å²) in [5, 5.41) is 3.25. The lowest BCUT2D eigenvalue weighted by Crippen LogP contribution is -2.49. The van der Waals surface area contributed by atoms with Gasteiger partial charge in [0.05, 0.1) is 6.10 Å². The average molecular weight is 321 g/mol. The van der Waals surface area contributed by atoms with Gasteiger partial charge in [-0.2, -0.15) is 12.7 Å². The summed E-state index contributed by atoms with van der Waals surface area (Å²) in [6.07, 6.45) is 0.586. The van der Waals surface area contributed by atoms with Gasteiger partial charge in [-0.05, 0) is 59.5 Å². The van der Waals surface area contributed by atoms with Gasteiger partial charge in [0.1, 0.15) is 0 Å². The van der Waals surface area contributed by atoms with Gasteiger partial charge in [0.25, 0.3) is 0 Å². The maximum atomic E-state index is 12.3. The van der Waals surface area contributed by atoms with Gasteiger partial charge < -0.3 is 10.1 Å². The van der Waals surface area contributed by atoms with Crippen LogP contribution in [0.3, 0.4) is 0 Å². The van der Waals surface area contributed by atoms with Gasteiger partial charge in [-0.1, -0.05) is 0 Å². The minimum atomic E-state index is -3.88. The molecule has 0 saturated carbocycles. The zero-order valence-corrected chi connectivity index (χ0v) is 14.1. The number of hydrogen-bond donors (Lipinski definition) is 2. The number of nitrogens with one attached hydrogen (secondary N) is 2. The van der Waals surface area contributed by atoms with Crippen molar-refractivity contribution in [1.29, 1.82) is 0 Å². The fraction of sp³-hybridized carbons (Fsp3) is 0.923. The highest BCUT2D eigenvalue weighted by Gasteiger charge is 2.30. The molecule has 0 aromatic heterocycles. The van der Waals surface area contributed by atoms with Gasteiger partial charge in [-0.15, -0.1) is 0 Å². The van der Waals surface area contributed by atoms with Crippen LogP contribution in [0.2, 0.25) is 0 Å². The summed E-state index contributed by atoms with van der Waals surface area (Å²) in [4.78, 5) is 11.5. The van der Waals surface area contributed by atoms with E-state index in [0.717, 1.165) is 25.9 Å². The first-order valence-corrected chi connectivity index (χ1v) is 8.87. The molecule has 2 N–H and O–H groups in total. The number of nitrogens with zero attached hydrogens (tertiary/aromatic N) is 1. The Morgan fingerprint density at radius 1 is 1.29 bits per heavy atom. The molecule has 7 nitrogen and oxygen atoms in total. The molecular weight excluding hydrogens is 294 g/mol. The SMILES string of the molecule is CC(C)OC(=O)NS(=O)(=O)N(CC1CCNCC1)C(C)C. The molecule has 0 aliphatic carbocycles. The fourth-order valence-corrected chi connectivity index (χ4v) is 3.65. The second-order valence-electron chi connectivity index (χ2n) is 5.92. The molecule has 1 amide bonds. The van der Waals surface area contributed by atoms with E-state index < -0.39 is 16.3 Å². The third-order valence-corrected chi connectivity index (χ3v) is 4.95. The van der Waals surface area contributed by atoms with E-state index in [9.17, 15) is 13.2 Å². The van der Waals surface area contributed by atoms with Crippen LogP contribution in [-0.2, 0) is 14.9 Å². The lowest BCUT2D eigenvalue weighted by molar-refractivity contribution is 0.120. The smallest absolute Gasteiger partial charge is 0.422 e. The van der Waals surface area contributed by atoms with Crippen LogP contribution in [0.4, 0.5) is 4.79 Å². The van der Waals surface area contributed by atoms with Crippen LogP contribution in [0, 0.1) is 5.92 Å². The van der Waals surface area contributed by atoms with E-state index in [2.05, 4.69) is 5.32 Å². The van der Waals surface area contributed by atoms with E-state index in [1.165, 1.54) is 4.31 Å². The van der Waals surface area contributed by atoms with E-state index >= 15 is 0 Å². The first-order chi connectivity index (χ1) is 9.72. The topological polar surface area (TPSA) is 87.7 Å². The van der Waals surface area contributed by atoms with Gasteiger partial charge in [0.2, 0.25) is 0 Å². The summed E-state index contributed by atoms with van der Waals surface area (Å²) in [6.45, 7) is 9.16. The molecule has 1 saturated heterocycles. The number of ether oxygens (including phenoxy) is 1. The number of hydrogen-bond acceptors (Lipinski definition) is 5. The van der Waals surface area contributed by atoms with Gasteiger partial charge in [0.15, 0.2) is 0 Å². The largest absolute Gasteiger partial charge is 0.446 e. The minimum Gasteiger partial charge on any atom is -0.446 e. The third-order valence-electron chi connectivity index (χ3n) is 3.34. The van der Waals surface area contributed by atoms with Gasteiger partial charge in [0, 0.05) is 12.6 Å². The molecule has 124 valence electrons. The molecule has 0 radical (unpaired) electrons. The van der Waals surface area contributed by atoms with Gasteiger partial charge in [-0.25, -0.2) is 9.52 Å². The summed E-state index contributed by atoms with van der Waals surface area (Å²) in [7, 11) is -3.88. The van der Waals surface area contributed by atoms with Crippen LogP contribution in [0.5, 0.6) is 0 Å². The van der Waals surface area contributed by atoms with Gasteiger partial charge in [-0.3, -0.25) is 0 Å². The van der Waals surface area contributed by atoms with E-state index in [1.54, 1.807) is 27.7 Å². The average Bonchev–Trinajstić information content (AvgIpc) is 2.34. The Bertz CT molecular complexity index is 431. The predicted octanol–water partition coefficient (Wildman–Crippen LogP) is 1.08. The van der Waals surface area contributed by atoms with E-state index in [4.69, 9.17) is 4.74 Å². The first kappa shape index (κ1) is 18.2. The second kappa shape index (κ2) is 7.95. The Morgan fingerprint density at radius 3 is 2.33 bits per heavy atom. The molecule has 8 heteroatoms. The van der Waals surface area contributed by atoms with Crippen LogP contribution in [0.15, 0.2) is 0 Å². The lowest BCUT2D eigenvalue weighted by Gasteiger charge is -2.31. The Morgan fingerprint density at radius 2 is 1.86 bits per heavy atom. The highest BCUT2D eigenvalue weighted by Crippen LogP contribution is 2.17. The van der Waals surface area contributed by atoms with Crippen LogP contribution in [0.25, 0.3) is 0 Å². The second-order valence-corrected chi connectivity index (χ2v) is 7.54. The Kier molecular flexibility index (Phi) is 6.89. The fourth-order valence-electron chi connectivity index (χ4n) is 2.31. The highest BCUT2D eigenvalue weighted by molar-refractivity contribution is 7.87. The highest BCUT2D eigenvalue weighted by atomic mass is 32.2. The van der Waals surface area contributed by atoms with E-state index in [-0.39, 0.29) is 12.1 Å². The normalized spacial score (nSPS) is 17.5. The lowest BCUT2D eigenvalue weighted by atomic mass is 9.98. The maximum absolute atomic E-state index is 12.3. The number of carbonyl (C=O) groups is 1. The first-order valence-electron chi connectivity index (χ1n) is 7.43. The van der Waals surface area contributed by atoms with Crippen LogP contribution in [-0.4, -0.2) is 50.6 Å². The van der Waals surface area contributed by atoms with Crippen molar-refractivity contribution in [2.24, 2.45) is 5.92 Å². The summed E-state index contributed by atoms with van der Waals surface area (Å²) in [5.74, 6) is 0.311. The van der Waals surface area contributed by atoms with Gasteiger partial charge >= 0.3 is 16.3 Å². The van der Waals surface area contributed by atoms with Crippen LogP contribution in [0.1, 0.15) is 40.5 Å². The molecule has 0 unspecified atom stereocenters. The van der Waals surface area contributed by atoms with Crippen molar-refractivity contribution in [3.8, 4) is 0 Å².